The van der Waals surface area contributed by atoms with Gasteiger partial charge in [0.25, 0.3) is 5.91 Å². The molecule has 0 aliphatic rings. The Bertz CT molecular complexity index is 1190. The van der Waals surface area contributed by atoms with Crippen molar-refractivity contribution in [2.24, 2.45) is 0 Å². The molecule has 0 unspecified atom stereocenters. The van der Waals surface area contributed by atoms with E-state index in [1.807, 2.05) is 26.0 Å². The summed E-state index contributed by atoms with van der Waals surface area (Å²) in [6, 6.07) is 12.3. The molecule has 134 valence electrons. The summed E-state index contributed by atoms with van der Waals surface area (Å²) in [4.78, 5) is 28.8. The molecule has 0 saturated carbocycles. The van der Waals surface area contributed by atoms with Crippen LogP contribution in [0.15, 0.2) is 63.3 Å². The third kappa shape index (κ3) is 3.39. The van der Waals surface area contributed by atoms with Crippen molar-refractivity contribution in [3.63, 3.8) is 0 Å². The van der Waals surface area contributed by atoms with E-state index >= 15 is 0 Å². The average Bonchev–Trinajstić information content (AvgIpc) is 3.15. The summed E-state index contributed by atoms with van der Waals surface area (Å²) < 4.78 is 5.99. The summed E-state index contributed by atoms with van der Waals surface area (Å²) in [6.07, 6.45) is 1.63. The first-order valence-corrected chi connectivity index (χ1v) is 9.25. The number of carbonyl (C=O) groups is 1. The number of anilines is 1. The van der Waals surface area contributed by atoms with E-state index in [2.05, 4.69) is 10.3 Å². The number of aromatic nitrogens is 1. The fourth-order valence-corrected chi connectivity index (χ4v) is 3.52. The lowest BCUT2D eigenvalue weighted by atomic mass is 10.1. The number of hydrogen-bond donors (Lipinski definition) is 1. The molecule has 0 radical (unpaired) electrons. The van der Waals surface area contributed by atoms with Crippen molar-refractivity contribution < 1.29 is 9.21 Å². The monoisotopic (exact) mass is 376 g/mol. The Morgan fingerprint density at radius 1 is 1.11 bits per heavy atom. The molecule has 4 aromatic rings. The van der Waals surface area contributed by atoms with Gasteiger partial charge >= 0.3 is 0 Å². The number of carbonyl (C=O) groups excluding carboxylic acids is 1. The van der Waals surface area contributed by atoms with Gasteiger partial charge in [-0.05, 0) is 43.2 Å². The minimum Gasteiger partial charge on any atom is -0.456 e. The molecule has 0 saturated heterocycles. The zero-order valence-corrected chi connectivity index (χ0v) is 15.6. The average molecular weight is 376 g/mol. The van der Waals surface area contributed by atoms with E-state index < -0.39 is 0 Å². The number of fused-ring (bicyclic) bond motifs is 1. The van der Waals surface area contributed by atoms with Crippen molar-refractivity contribution >= 4 is 33.3 Å². The van der Waals surface area contributed by atoms with Gasteiger partial charge in [-0.15, -0.1) is 11.3 Å². The summed E-state index contributed by atoms with van der Waals surface area (Å²) in [5, 5.41) is 5.66. The number of amides is 1. The second kappa shape index (κ2) is 6.81. The van der Waals surface area contributed by atoms with E-state index in [1.54, 1.807) is 35.8 Å². The van der Waals surface area contributed by atoms with Crippen LogP contribution in [0.5, 0.6) is 0 Å². The maximum Gasteiger partial charge on any atom is 0.257 e. The lowest BCUT2D eigenvalue weighted by Crippen LogP contribution is -2.11. The number of hydrogen-bond acceptors (Lipinski definition) is 5. The third-order valence-electron chi connectivity index (χ3n) is 4.24. The lowest BCUT2D eigenvalue weighted by Gasteiger charge is -2.07. The Morgan fingerprint density at radius 3 is 2.59 bits per heavy atom. The lowest BCUT2D eigenvalue weighted by molar-refractivity contribution is 0.102. The highest BCUT2D eigenvalue weighted by atomic mass is 32.1. The molecule has 2 aromatic carbocycles. The molecule has 1 N–H and O–H groups in total. The van der Waals surface area contributed by atoms with Crippen LogP contribution in [0.25, 0.3) is 22.3 Å². The first-order chi connectivity index (χ1) is 13.0. The van der Waals surface area contributed by atoms with E-state index in [-0.39, 0.29) is 11.3 Å². The molecule has 0 aliphatic carbocycles. The summed E-state index contributed by atoms with van der Waals surface area (Å²) in [5.74, 6) is 0.245. The number of benzene rings is 2. The van der Waals surface area contributed by atoms with E-state index in [0.717, 1.165) is 16.7 Å². The zero-order valence-electron chi connectivity index (χ0n) is 14.8. The van der Waals surface area contributed by atoms with Crippen LogP contribution in [-0.4, -0.2) is 10.9 Å². The summed E-state index contributed by atoms with van der Waals surface area (Å²) in [6.45, 7) is 3.88. The number of rotatable bonds is 3. The maximum atomic E-state index is 12.5. The topological polar surface area (TPSA) is 72.2 Å². The van der Waals surface area contributed by atoms with Crippen LogP contribution >= 0.6 is 11.3 Å². The maximum absolute atomic E-state index is 12.5. The van der Waals surface area contributed by atoms with Crippen molar-refractivity contribution in [2.45, 2.75) is 13.8 Å². The van der Waals surface area contributed by atoms with Crippen LogP contribution in [0.4, 0.5) is 5.13 Å². The highest BCUT2D eigenvalue weighted by Gasteiger charge is 2.12. The first-order valence-electron chi connectivity index (χ1n) is 8.37. The summed E-state index contributed by atoms with van der Waals surface area (Å²) in [5.41, 5.74) is 3.69. The first kappa shape index (κ1) is 17.2. The minimum absolute atomic E-state index is 0.0800. The van der Waals surface area contributed by atoms with Gasteiger partial charge in [0.1, 0.15) is 11.3 Å². The fraction of sp³-hybridized carbons (Fsp3) is 0.0952. The Morgan fingerprint density at radius 2 is 1.89 bits per heavy atom. The van der Waals surface area contributed by atoms with Gasteiger partial charge in [0.2, 0.25) is 0 Å². The molecule has 2 aromatic heterocycles. The largest absolute Gasteiger partial charge is 0.456 e. The highest BCUT2D eigenvalue weighted by Crippen LogP contribution is 2.25. The highest BCUT2D eigenvalue weighted by molar-refractivity contribution is 7.13. The van der Waals surface area contributed by atoms with Crippen molar-refractivity contribution in [3.05, 3.63) is 81.0 Å². The zero-order chi connectivity index (χ0) is 19.0. The van der Waals surface area contributed by atoms with E-state index in [0.29, 0.717) is 27.4 Å². The third-order valence-corrected chi connectivity index (χ3v) is 4.93. The molecule has 5 nitrogen and oxygen atoms in total. The second-order valence-electron chi connectivity index (χ2n) is 6.30. The van der Waals surface area contributed by atoms with Crippen molar-refractivity contribution in [1.29, 1.82) is 0 Å². The van der Waals surface area contributed by atoms with Crippen LogP contribution in [0.2, 0.25) is 0 Å². The molecular formula is C21H16N2O3S. The summed E-state index contributed by atoms with van der Waals surface area (Å²) in [7, 11) is 0. The molecule has 0 aliphatic heterocycles. The van der Waals surface area contributed by atoms with Gasteiger partial charge < -0.3 is 4.42 Å². The van der Waals surface area contributed by atoms with Crippen molar-refractivity contribution in [1.82, 2.24) is 4.98 Å². The van der Waals surface area contributed by atoms with Gasteiger partial charge in [-0.1, -0.05) is 18.2 Å². The fourth-order valence-electron chi connectivity index (χ4n) is 2.99. The normalized spacial score (nSPS) is 10.9. The molecule has 27 heavy (non-hydrogen) atoms. The van der Waals surface area contributed by atoms with Gasteiger partial charge in [-0.25, -0.2) is 4.98 Å². The van der Waals surface area contributed by atoms with E-state index in [4.69, 9.17) is 4.42 Å². The quantitative estimate of drug-likeness (QED) is 0.558. The van der Waals surface area contributed by atoms with Gasteiger partial charge in [-0.3, -0.25) is 14.9 Å². The van der Waals surface area contributed by atoms with Gasteiger partial charge in [0.15, 0.2) is 10.6 Å². The van der Waals surface area contributed by atoms with Gasteiger partial charge in [0, 0.05) is 28.8 Å². The van der Waals surface area contributed by atoms with E-state index in [9.17, 15) is 9.59 Å². The Labute approximate surface area is 159 Å². The predicted octanol–water partition coefficient (Wildman–Crippen LogP) is 4.79. The second-order valence-corrected chi connectivity index (χ2v) is 7.20. The van der Waals surface area contributed by atoms with Crippen LogP contribution < -0.4 is 10.7 Å². The summed E-state index contributed by atoms with van der Waals surface area (Å²) >= 11 is 1.36. The van der Waals surface area contributed by atoms with Gasteiger partial charge in [0.05, 0.1) is 5.39 Å². The smallest absolute Gasteiger partial charge is 0.257 e. The van der Waals surface area contributed by atoms with Crippen molar-refractivity contribution in [3.8, 4) is 11.3 Å². The van der Waals surface area contributed by atoms with Crippen LogP contribution in [-0.2, 0) is 0 Å². The molecular weight excluding hydrogens is 360 g/mol. The molecule has 1 amide bonds. The Hall–Kier alpha value is -3.25. The number of nitrogens with one attached hydrogen (secondary N) is 1. The molecule has 0 atom stereocenters. The molecule has 2 heterocycles. The van der Waals surface area contributed by atoms with Crippen LogP contribution in [0, 0.1) is 13.8 Å². The number of aryl methyl sites for hydroxylation is 2. The standard InChI is InChI=1S/C21H16N2O3S/c1-12-9-13(2)19-16(10-12)17(24)11-18(26-19)14-3-5-15(6-4-14)20(25)23-21-22-7-8-27-21/h3-11H,1-2H3,(H,22,23,25). The van der Waals surface area contributed by atoms with Crippen LogP contribution in [0.1, 0.15) is 21.5 Å². The minimum atomic E-state index is -0.234. The molecule has 4 rings (SSSR count). The Balaban J connectivity index is 1.68. The predicted molar refractivity (Wildman–Crippen MR) is 107 cm³/mol. The van der Waals surface area contributed by atoms with Crippen molar-refractivity contribution in [2.75, 3.05) is 5.32 Å². The van der Waals surface area contributed by atoms with E-state index in [1.165, 1.54) is 17.4 Å². The van der Waals surface area contributed by atoms with Crippen LogP contribution in [0.3, 0.4) is 0 Å². The number of thiazole rings is 1. The molecule has 0 spiro atoms. The molecule has 0 bridgehead atoms. The molecule has 0 fully saturated rings. The van der Waals surface area contributed by atoms with Gasteiger partial charge in [-0.2, -0.15) is 0 Å². The SMILES string of the molecule is Cc1cc(C)c2oc(-c3ccc(C(=O)Nc4nccs4)cc3)cc(=O)c2c1. The number of nitrogens with zero attached hydrogens (tertiary/aromatic N) is 1. The Kier molecular flexibility index (Phi) is 4.33. The molecule has 6 heteroatoms.